The van der Waals surface area contributed by atoms with Crippen molar-refractivity contribution in [2.24, 2.45) is 5.73 Å². The lowest BCUT2D eigenvalue weighted by Crippen LogP contribution is -2.48. The second-order valence-corrected chi connectivity index (χ2v) is 6.08. The number of nitrogens with two attached hydrogens (primary N) is 1. The fraction of sp³-hybridized carbons (Fsp3) is 0.706. The van der Waals surface area contributed by atoms with Crippen molar-refractivity contribution in [3.8, 4) is 0 Å². The molecule has 0 spiro atoms. The Balaban J connectivity index is 1.67. The van der Waals surface area contributed by atoms with Crippen molar-refractivity contribution in [2.45, 2.75) is 45.1 Å². The maximum absolute atomic E-state index is 12.0. The third-order valence-corrected chi connectivity index (χ3v) is 4.58. The fourth-order valence-corrected chi connectivity index (χ4v) is 3.19. The van der Waals surface area contributed by atoms with Crippen LogP contribution in [0, 0.1) is 0 Å². The molecule has 1 amide bonds. The number of likely N-dealkylation sites (tertiary alicyclic amines) is 2. The Bertz CT molecular complexity index is 406. The molecular formula is C17H29N3O2. The van der Waals surface area contributed by atoms with E-state index < -0.39 is 0 Å². The Kier molecular flexibility index (Phi) is 6.77. The number of ether oxygens (including phenoxy) is 1. The summed E-state index contributed by atoms with van der Waals surface area (Å²) in [5.41, 5.74) is 6.32. The zero-order chi connectivity index (χ0) is 15.8. The van der Waals surface area contributed by atoms with Crippen LogP contribution in [0.4, 0.5) is 4.79 Å². The van der Waals surface area contributed by atoms with Gasteiger partial charge in [-0.15, -0.1) is 0 Å². The second kappa shape index (κ2) is 8.83. The van der Waals surface area contributed by atoms with Crippen molar-refractivity contribution >= 4 is 6.09 Å². The van der Waals surface area contributed by atoms with Crippen LogP contribution >= 0.6 is 0 Å². The molecule has 2 rings (SSSR count). The summed E-state index contributed by atoms with van der Waals surface area (Å²) < 4.78 is 5.26. The van der Waals surface area contributed by atoms with Crippen molar-refractivity contribution < 1.29 is 9.53 Å². The molecule has 0 aromatic heterocycles. The van der Waals surface area contributed by atoms with Gasteiger partial charge < -0.3 is 20.3 Å². The molecule has 2 saturated heterocycles. The minimum atomic E-state index is -0.208. The van der Waals surface area contributed by atoms with E-state index in [1.807, 2.05) is 17.9 Å². The lowest BCUT2D eigenvalue weighted by Gasteiger charge is -2.39. The smallest absolute Gasteiger partial charge is 0.410 e. The van der Waals surface area contributed by atoms with Crippen molar-refractivity contribution in [1.29, 1.82) is 0 Å². The number of nitrogens with zero attached hydrogens (tertiary/aromatic N) is 2. The summed E-state index contributed by atoms with van der Waals surface area (Å²) in [4.78, 5) is 16.4. The van der Waals surface area contributed by atoms with Gasteiger partial charge in [0.1, 0.15) is 6.61 Å². The maximum atomic E-state index is 12.0. The molecule has 0 unspecified atom stereocenters. The quantitative estimate of drug-likeness (QED) is 0.811. The minimum absolute atomic E-state index is 0.208. The predicted octanol–water partition coefficient (Wildman–Crippen LogP) is 2.49. The zero-order valence-corrected chi connectivity index (χ0v) is 13.7. The van der Waals surface area contributed by atoms with Gasteiger partial charge in [0.2, 0.25) is 0 Å². The predicted molar refractivity (Wildman–Crippen MR) is 88.5 cm³/mol. The first-order valence-corrected chi connectivity index (χ1v) is 8.45. The van der Waals surface area contributed by atoms with Crippen LogP contribution in [0.3, 0.4) is 0 Å². The molecule has 2 N–H and O–H groups in total. The molecule has 0 bridgehead atoms. The lowest BCUT2D eigenvalue weighted by atomic mass is 10.0. The largest absolute Gasteiger partial charge is 0.445 e. The lowest BCUT2D eigenvalue weighted by molar-refractivity contribution is 0.0711. The van der Waals surface area contributed by atoms with E-state index in [4.69, 9.17) is 10.5 Å². The van der Waals surface area contributed by atoms with Crippen molar-refractivity contribution in [3.63, 3.8) is 0 Å². The van der Waals surface area contributed by atoms with Crippen LogP contribution in [0.5, 0.6) is 0 Å². The molecule has 5 heteroatoms. The highest BCUT2D eigenvalue weighted by Crippen LogP contribution is 2.21. The van der Waals surface area contributed by atoms with Gasteiger partial charge in [-0.05, 0) is 57.8 Å². The fourth-order valence-electron chi connectivity index (χ4n) is 3.19. The highest BCUT2D eigenvalue weighted by Gasteiger charge is 2.27. The standard InChI is InChI=1S/C17H29N3O2/c1-2-15(18)7-6-14-22-17(21)20-12-8-16(9-13-20)19-10-4-3-5-11-19/h2,6-7,16H,3-5,8-14,18H2,1H3/b7-6-,15-2+. The molecule has 22 heavy (non-hydrogen) atoms. The van der Waals surface area contributed by atoms with Gasteiger partial charge in [-0.25, -0.2) is 4.79 Å². The van der Waals surface area contributed by atoms with E-state index in [2.05, 4.69) is 4.90 Å². The van der Waals surface area contributed by atoms with Crippen LogP contribution < -0.4 is 5.73 Å². The minimum Gasteiger partial charge on any atom is -0.445 e. The van der Waals surface area contributed by atoms with E-state index in [1.54, 1.807) is 12.2 Å². The van der Waals surface area contributed by atoms with E-state index in [1.165, 1.54) is 32.4 Å². The van der Waals surface area contributed by atoms with Gasteiger partial charge >= 0.3 is 6.09 Å². The summed E-state index contributed by atoms with van der Waals surface area (Å²) in [5.74, 6) is 0. The molecule has 0 aromatic rings. The van der Waals surface area contributed by atoms with Crippen molar-refractivity contribution in [1.82, 2.24) is 9.80 Å². The van der Waals surface area contributed by atoms with E-state index in [-0.39, 0.29) is 12.7 Å². The van der Waals surface area contributed by atoms with Gasteiger partial charge in [0, 0.05) is 24.8 Å². The van der Waals surface area contributed by atoms with E-state index in [0.29, 0.717) is 11.7 Å². The topological polar surface area (TPSA) is 58.8 Å². The third kappa shape index (κ3) is 5.05. The van der Waals surface area contributed by atoms with Gasteiger partial charge in [-0.3, -0.25) is 0 Å². The third-order valence-electron chi connectivity index (χ3n) is 4.58. The first-order valence-electron chi connectivity index (χ1n) is 8.45. The van der Waals surface area contributed by atoms with E-state index in [9.17, 15) is 4.79 Å². The maximum Gasteiger partial charge on any atom is 0.410 e. The van der Waals surface area contributed by atoms with Crippen LogP contribution in [0.25, 0.3) is 0 Å². The van der Waals surface area contributed by atoms with Crippen molar-refractivity contribution in [3.05, 3.63) is 23.9 Å². The Labute approximate surface area is 133 Å². The normalized spacial score (nSPS) is 22.2. The molecule has 2 fully saturated rings. The number of rotatable bonds is 4. The van der Waals surface area contributed by atoms with Gasteiger partial charge in [0.15, 0.2) is 0 Å². The van der Waals surface area contributed by atoms with E-state index in [0.717, 1.165) is 25.9 Å². The monoisotopic (exact) mass is 307 g/mol. The van der Waals surface area contributed by atoms with Gasteiger partial charge in [0.05, 0.1) is 0 Å². The molecule has 124 valence electrons. The molecule has 0 radical (unpaired) electrons. The number of hydrogen-bond acceptors (Lipinski definition) is 4. The number of carbonyl (C=O) groups is 1. The molecule has 0 atom stereocenters. The summed E-state index contributed by atoms with van der Waals surface area (Å²) in [7, 11) is 0. The molecule has 5 nitrogen and oxygen atoms in total. The number of piperidine rings is 2. The number of carbonyl (C=O) groups excluding carboxylic acids is 1. The Morgan fingerprint density at radius 1 is 1.18 bits per heavy atom. The number of allylic oxidation sites excluding steroid dienone is 2. The molecule has 2 heterocycles. The second-order valence-electron chi connectivity index (χ2n) is 6.08. The highest BCUT2D eigenvalue weighted by molar-refractivity contribution is 5.67. The first-order chi connectivity index (χ1) is 10.7. The SMILES string of the molecule is C/C=C(N)\C=C/COC(=O)N1CCC(N2CCCCC2)CC1. The highest BCUT2D eigenvalue weighted by atomic mass is 16.6. The Morgan fingerprint density at radius 2 is 1.86 bits per heavy atom. The van der Waals surface area contributed by atoms with Gasteiger partial charge in [0.25, 0.3) is 0 Å². The molecule has 0 saturated carbocycles. The zero-order valence-electron chi connectivity index (χ0n) is 13.7. The summed E-state index contributed by atoms with van der Waals surface area (Å²) in [5, 5.41) is 0. The number of hydrogen-bond donors (Lipinski definition) is 1. The van der Waals surface area contributed by atoms with E-state index >= 15 is 0 Å². The van der Waals surface area contributed by atoms with Crippen LogP contribution in [-0.2, 0) is 4.74 Å². The average molecular weight is 307 g/mol. The van der Waals surface area contributed by atoms with Crippen molar-refractivity contribution in [2.75, 3.05) is 32.8 Å². The Morgan fingerprint density at radius 3 is 2.50 bits per heavy atom. The summed E-state index contributed by atoms with van der Waals surface area (Å²) in [6, 6.07) is 0.652. The van der Waals surface area contributed by atoms with Crippen LogP contribution in [0.1, 0.15) is 39.0 Å². The van der Waals surface area contributed by atoms with Crippen LogP contribution in [-0.4, -0.2) is 54.7 Å². The summed E-state index contributed by atoms with van der Waals surface area (Å²) in [6.45, 7) is 6.22. The molecule has 2 aliphatic heterocycles. The van der Waals surface area contributed by atoms with Gasteiger partial charge in [-0.2, -0.15) is 0 Å². The molecule has 2 aliphatic rings. The van der Waals surface area contributed by atoms with Crippen LogP contribution in [0.2, 0.25) is 0 Å². The first kappa shape index (κ1) is 16.9. The number of amides is 1. The molecule has 0 aliphatic carbocycles. The average Bonchev–Trinajstić information content (AvgIpc) is 2.59. The Hall–Kier alpha value is -1.49. The summed E-state index contributed by atoms with van der Waals surface area (Å²) >= 11 is 0. The molecular weight excluding hydrogens is 278 g/mol. The molecule has 0 aromatic carbocycles. The summed E-state index contributed by atoms with van der Waals surface area (Å²) in [6.07, 6.45) is 11.3. The van der Waals surface area contributed by atoms with Gasteiger partial charge in [-0.1, -0.05) is 12.5 Å². The van der Waals surface area contributed by atoms with Crippen LogP contribution in [0.15, 0.2) is 23.9 Å².